The number of alkyl halides is 3. The summed E-state index contributed by atoms with van der Waals surface area (Å²) < 4.78 is 41.2. The average Bonchev–Trinajstić information content (AvgIpc) is 2.80. The minimum absolute atomic E-state index is 0.0186. The van der Waals surface area contributed by atoms with Gasteiger partial charge >= 0.3 is 6.18 Å². The van der Waals surface area contributed by atoms with Gasteiger partial charge in [-0.25, -0.2) is 9.97 Å². The molecule has 9 heteroatoms. The molecule has 0 aliphatic heterocycles. The lowest BCUT2D eigenvalue weighted by Gasteiger charge is -1.99. The van der Waals surface area contributed by atoms with Crippen LogP contribution >= 0.6 is 0 Å². The highest BCUT2D eigenvalue weighted by molar-refractivity contribution is 5.65. The summed E-state index contributed by atoms with van der Waals surface area (Å²) in [5, 5.41) is 2.81. The zero-order valence-corrected chi connectivity index (χ0v) is 10.5. The third-order valence-corrected chi connectivity index (χ3v) is 1.85. The Bertz CT molecular complexity index is 552. The maximum Gasteiger partial charge on any atom is 0.455 e. The van der Waals surface area contributed by atoms with Crippen molar-refractivity contribution in [2.45, 2.75) is 26.9 Å². The fourth-order valence-electron chi connectivity index (χ4n) is 1.10. The molecule has 2 heterocycles. The van der Waals surface area contributed by atoms with Crippen molar-refractivity contribution in [2.24, 2.45) is 0 Å². The molecular formula is C10H12F3N5O. The Morgan fingerprint density at radius 1 is 1.21 bits per heavy atom. The Hall–Kier alpha value is -2.19. The Morgan fingerprint density at radius 3 is 2.32 bits per heavy atom. The minimum Gasteiger partial charge on any atom is -0.383 e. The Labute approximate surface area is 106 Å². The van der Waals surface area contributed by atoms with Gasteiger partial charge in [0.2, 0.25) is 0 Å². The van der Waals surface area contributed by atoms with Gasteiger partial charge in [0.05, 0.1) is 0 Å². The first-order chi connectivity index (χ1) is 8.88. The molecule has 2 aromatic heterocycles. The summed E-state index contributed by atoms with van der Waals surface area (Å²) in [4.78, 5) is 10.7. The molecule has 0 amide bonds. The average molecular weight is 275 g/mol. The Balaban J connectivity index is 0.000000861. The van der Waals surface area contributed by atoms with Crippen LogP contribution in [0.5, 0.6) is 0 Å². The molecule has 6 nitrogen and oxygen atoms in total. The molecule has 0 aliphatic rings. The fraction of sp³-hybridized carbons (Fsp3) is 0.400. The quantitative estimate of drug-likeness (QED) is 0.859. The first-order valence-electron chi connectivity index (χ1n) is 5.38. The molecule has 0 saturated carbocycles. The lowest BCUT2D eigenvalue weighted by molar-refractivity contribution is -0.146. The van der Waals surface area contributed by atoms with E-state index in [4.69, 9.17) is 5.73 Å². The van der Waals surface area contributed by atoms with Gasteiger partial charge in [-0.2, -0.15) is 18.2 Å². The molecular weight excluding hydrogens is 263 g/mol. The standard InChI is InChI=1S/C8H6F3N5O.C2H6/c1-3-13-2-4(5(12)14-3)6-15-7(16-17-6)8(9,10)11;1-2/h2H,1H3,(H2,12,13,14);1-2H3. The van der Waals surface area contributed by atoms with Gasteiger partial charge in [-0.3, -0.25) is 0 Å². The summed E-state index contributed by atoms with van der Waals surface area (Å²) >= 11 is 0. The zero-order valence-electron chi connectivity index (χ0n) is 10.5. The van der Waals surface area contributed by atoms with Crippen LogP contribution < -0.4 is 5.73 Å². The van der Waals surface area contributed by atoms with Crippen LogP contribution in [0.15, 0.2) is 10.7 Å². The summed E-state index contributed by atoms with van der Waals surface area (Å²) in [6, 6.07) is 0. The van der Waals surface area contributed by atoms with Gasteiger partial charge < -0.3 is 10.3 Å². The predicted molar refractivity (Wildman–Crippen MR) is 60.8 cm³/mol. The van der Waals surface area contributed by atoms with E-state index in [9.17, 15) is 13.2 Å². The number of anilines is 1. The first kappa shape index (κ1) is 14.9. The number of nitrogen functional groups attached to an aromatic ring is 1. The van der Waals surface area contributed by atoms with Crippen LogP contribution in [0.4, 0.5) is 19.0 Å². The van der Waals surface area contributed by atoms with Gasteiger partial charge in [-0.15, -0.1) is 0 Å². The number of hydrogen-bond donors (Lipinski definition) is 1. The van der Waals surface area contributed by atoms with Crippen molar-refractivity contribution in [3.8, 4) is 11.5 Å². The number of nitrogens with zero attached hydrogens (tertiary/aromatic N) is 4. The molecule has 2 rings (SSSR count). The largest absolute Gasteiger partial charge is 0.455 e. The summed E-state index contributed by atoms with van der Waals surface area (Å²) in [6.45, 7) is 5.59. The lowest BCUT2D eigenvalue weighted by Crippen LogP contribution is -2.07. The lowest BCUT2D eigenvalue weighted by atomic mass is 10.3. The molecule has 0 bridgehead atoms. The fourth-order valence-corrected chi connectivity index (χ4v) is 1.10. The third-order valence-electron chi connectivity index (χ3n) is 1.85. The number of hydrogen-bond acceptors (Lipinski definition) is 6. The second-order valence-electron chi connectivity index (χ2n) is 3.14. The van der Waals surface area contributed by atoms with E-state index in [0.29, 0.717) is 5.82 Å². The monoisotopic (exact) mass is 275 g/mol. The van der Waals surface area contributed by atoms with Crippen molar-refractivity contribution in [3.05, 3.63) is 17.8 Å². The van der Waals surface area contributed by atoms with Gasteiger partial charge in [0.15, 0.2) is 0 Å². The topological polar surface area (TPSA) is 90.7 Å². The smallest absolute Gasteiger partial charge is 0.383 e. The van der Waals surface area contributed by atoms with Gasteiger partial charge in [-0.05, 0) is 6.92 Å². The van der Waals surface area contributed by atoms with E-state index in [1.54, 1.807) is 6.92 Å². The summed E-state index contributed by atoms with van der Waals surface area (Å²) in [6.07, 6.45) is -3.44. The number of aromatic nitrogens is 4. The van der Waals surface area contributed by atoms with Crippen molar-refractivity contribution in [1.82, 2.24) is 20.1 Å². The second-order valence-corrected chi connectivity index (χ2v) is 3.14. The zero-order chi connectivity index (χ0) is 14.6. The van der Waals surface area contributed by atoms with Gasteiger partial charge in [-0.1, -0.05) is 19.0 Å². The molecule has 0 saturated heterocycles. The van der Waals surface area contributed by atoms with Crippen molar-refractivity contribution in [2.75, 3.05) is 5.73 Å². The summed E-state index contributed by atoms with van der Waals surface area (Å²) in [5.74, 6) is -1.36. The molecule has 19 heavy (non-hydrogen) atoms. The first-order valence-corrected chi connectivity index (χ1v) is 5.38. The van der Waals surface area contributed by atoms with Gasteiger partial charge in [0.1, 0.15) is 17.2 Å². The summed E-state index contributed by atoms with van der Waals surface area (Å²) in [5.41, 5.74) is 5.58. The second kappa shape index (κ2) is 5.63. The van der Waals surface area contributed by atoms with Crippen LogP contribution in [0.2, 0.25) is 0 Å². The highest BCUT2D eigenvalue weighted by Gasteiger charge is 2.37. The SMILES string of the molecule is CC.Cc1ncc(-c2nc(C(F)(F)F)no2)c(N)n1. The van der Waals surface area contributed by atoms with Gasteiger partial charge in [0, 0.05) is 6.20 Å². The highest BCUT2D eigenvalue weighted by Crippen LogP contribution is 2.29. The van der Waals surface area contributed by atoms with E-state index < -0.39 is 12.0 Å². The van der Waals surface area contributed by atoms with E-state index in [1.807, 2.05) is 13.8 Å². The van der Waals surface area contributed by atoms with Crippen molar-refractivity contribution >= 4 is 5.82 Å². The van der Waals surface area contributed by atoms with E-state index in [1.165, 1.54) is 6.20 Å². The number of rotatable bonds is 1. The molecule has 0 unspecified atom stereocenters. The highest BCUT2D eigenvalue weighted by atomic mass is 19.4. The maximum atomic E-state index is 12.2. The molecule has 2 N–H and O–H groups in total. The van der Waals surface area contributed by atoms with Crippen LogP contribution in [-0.4, -0.2) is 20.1 Å². The van der Waals surface area contributed by atoms with Crippen molar-refractivity contribution < 1.29 is 17.7 Å². The predicted octanol–water partition coefficient (Wildman–Crippen LogP) is 2.46. The Kier molecular flexibility index (Phi) is 4.41. The van der Waals surface area contributed by atoms with Crippen LogP contribution in [0, 0.1) is 6.92 Å². The third kappa shape index (κ3) is 3.39. The van der Waals surface area contributed by atoms with Gasteiger partial charge in [0.25, 0.3) is 11.7 Å². The maximum absolute atomic E-state index is 12.2. The van der Waals surface area contributed by atoms with Crippen LogP contribution in [0.3, 0.4) is 0 Å². The van der Waals surface area contributed by atoms with E-state index in [0.717, 1.165) is 0 Å². The molecule has 0 fully saturated rings. The van der Waals surface area contributed by atoms with Crippen LogP contribution in [0.25, 0.3) is 11.5 Å². The van der Waals surface area contributed by atoms with Crippen LogP contribution in [-0.2, 0) is 6.18 Å². The molecule has 0 aliphatic carbocycles. The van der Waals surface area contributed by atoms with E-state index in [-0.39, 0.29) is 17.3 Å². The number of nitrogens with two attached hydrogens (primary N) is 1. The normalized spacial score (nSPS) is 10.8. The summed E-state index contributed by atoms with van der Waals surface area (Å²) in [7, 11) is 0. The van der Waals surface area contributed by atoms with Crippen molar-refractivity contribution in [1.29, 1.82) is 0 Å². The molecule has 0 atom stereocenters. The minimum atomic E-state index is -4.66. The molecule has 0 spiro atoms. The molecule has 2 aromatic rings. The molecule has 0 aromatic carbocycles. The van der Waals surface area contributed by atoms with Crippen LogP contribution in [0.1, 0.15) is 25.5 Å². The molecule has 104 valence electrons. The number of halogens is 3. The van der Waals surface area contributed by atoms with Crippen molar-refractivity contribution in [3.63, 3.8) is 0 Å². The molecule has 0 radical (unpaired) electrons. The van der Waals surface area contributed by atoms with E-state index >= 15 is 0 Å². The van der Waals surface area contributed by atoms with E-state index in [2.05, 4.69) is 24.6 Å². The Morgan fingerprint density at radius 2 is 1.84 bits per heavy atom. The number of aryl methyl sites for hydroxylation is 1.